The van der Waals surface area contributed by atoms with Gasteiger partial charge in [0.05, 0.1) is 7.11 Å². The third-order valence-corrected chi connectivity index (χ3v) is 2.62. The SMILES string of the molecule is CCN(CC(F)(F)F)C(=O)Cn1cccc(OC)c1=O. The van der Waals surface area contributed by atoms with Crippen LogP contribution in [0.3, 0.4) is 0 Å². The van der Waals surface area contributed by atoms with Crippen LogP contribution in [0, 0.1) is 0 Å². The van der Waals surface area contributed by atoms with Gasteiger partial charge in [-0.25, -0.2) is 0 Å². The van der Waals surface area contributed by atoms with Crippen LogP contribution in [0.15, 0.2) is 23.1 Å². The van der Waals surface area contributed by atoms with E-state index in [1.165, 1.54) is 32.4 Å². The summed E-state index contributed by atoms with van der Waals surface area (Å²) in [4.78, 5) is 24.2. The molecule has 0 saturated heterocycles. The van der Waals surface area contributed by atoms with Gasteiger partial charge >= 0.3 is 6.18 Å². The number of hydrogen-bond donors (Lipinski definition) is 0. The number of methoxy groups -OCH3 is 1. The fourth-order valence-corrected chi connectivity index (χ4v) is 1.63. The summed E-state index contributed by atoms with van der Waals surface area (Å²) in [6, 6.07) is 2.89. The first-order chi connectivity index (χ1) is 9.28. The minimum atomic E-state index is -4.47. The molecule has 0 fully saturated rings. The number of likely N-dealkylation sites (N-methyl/N-ethyl adjacent to an activating group) is 1. The van der Waals surface area contributed by atoms with Crippen molar-refractivity contribution in [3.05, 3.63) is 28.7 Å². The maximum Gasteiger partial charge on any atom is 0.406 e. The first-order valence-corrected chi connectivity index (χ1v) is 5.86. The van der Waals surface area contributed by atoms with E-state index in [0.29, 0.717) is 4.90 Å². The molecule has 8 heteroatoms. The Kier molecular flexibility index (Phi) is 5.18. The van der Waals surface area contributed by atoms with Crippen molar-refractivity contribution in [1.29, 1.82) is 0 Å². The predicted octanol–water partition coefficient (Wildman–Crippen LogP) is 1.27. The molecule has 0 aromatic carbocycles. The van der Waals surface area contributed by atoms with Crippen molar-refractivity contribution in [3.63, 3.8) is 0 Å². The van der Waals surface area contributed by atoms with Gasteiger partial charge in [0.2, 0.25) is 5.91 Å². The van der Waals surface area contributed by atoms with Gasteiger partial charge in [-0.15, -0.1) is 0 Å². The Balaban J connectivity index is 2.87. The highest BCUT2D eigenvalue weighted by molar-refractivity contribution is 5.76. The van der Waals surface area contributed by atoms with Gasteiger partial charge < -0.3 is 14.2 Å². The van der Waals surface area contributed by atoms with E-state index in [1.807, 2.05) is 0 Å². The molecule has 0 saturated carbocycles. The van der Waals surface area contributed by atoms with Crippen LogP contribution in [0.5, 0.6) is 5.75 Å². The van der Waals surface area contributed by atoms with Crippen molar-refractivity contribution in [3.8, 4) is 5.75 Å². The molecule has 0 aliphatic heterocycles. The number of hydrogen-bond acceptors (Lipinski definition) is 3. The maximum atomic E-state index is 12.3. The van der Waals surface area contributed by atoms with E-state index in [1.54, 1.807) is 0 Å². The molecule has 20 heavy (non-hydrogen) atoms. The fourth-order valence-electron chi connectivity index (χ4n) is 1.63. The Morgan fingerprint density at radius 2 is 2.10 bits per heavy atom. The molecule has 1 aromatic rings. The lowest BCUT2D eigenvalue weighted by molar-refractivity contribution is -0.161. The zero-order valence-corrected chi connectivity index (χ0v) is 11.1. The highest BCUT2D eigenvalue weighted by Crippen LogP contribution is 2.16. The van der Waals surface area contributed by atoms with Crippen molar-refractivity contribution in [2.45, 2.75) is 19.6 Å². The van der Waals surface area contributed by atoms with Crippen LogP contribution in [0.2, 0.25) is 0 Å². The zero-order valence-electron chi connectivity index (χ0n) is 11.1. The summed E-state index contributed by atoms with van der Waals surface area (Å²) in [6.45, 7) is -0.434. The Morgan fingerprint density at radius 1 is 1.45 bits per heavy atom. The van der Waals surface area contributed by atoms with E-state index in [-0.39, 0.29) is 12.3 Å². The van der Waals surface area contributed by atoms with Crippen LogP contribution < -0.4 is 10.3 Å². The topological polar surface area (TPSA) is 51.5 Å². The van der Waals surface area contributed by atoms with Crippen molar-refractivity contribution < 1.29 is 22.7 Å². The molecule has 0 atom stereocenters. The quantitative estimate of drug-likeness (QED) is 0.821. The van der Waals surface area contributed by atoms with E-state index in [9.17, 15) is 22.8 Å². The third kappa shape index (κ3) is 4.29. The third-order valence-electron chi connectivity index (χ3n) is 2.62. The van der Waals surface area contributed by atoms with Gasteiger partial charge in [-0.2, -0.15) is 13.2 Å². The minimum absolute atomic E-state index is 0.0270. The summed E-state index contributed by atoms with van der Waals surface area (Å²) in [5.74, 6) is -0.751. The van der Waals surface area contributed by atoms with Crippen LogP contribution in [-0.2, 0) is 11.3 Å². The monoisotopic (exact) mass is 292 g/mol. The fraction of sp³-hybridized carbons (Fsp3) is 0.500. The van der Waals surface area contributed by atoms with Crippen molar-refractivity contribution >= 4 is 5.91 Å². The molecule has 1 aromatic heterocycles. The molecule has 5 nitrogen and oxygen atoms in total. The molecule has 0 radical (unpaired) electrons. The largest absolute Gasteiger partial charge is 0.491 e. The number of amides is 1. The van der Waals surface area contributed by atoms with Gasteiger partial charge in [-0.1, -0.05) is 0 Å². The summed E-state index contributed by atoms with van der Waals surface area (Å²) in [7, 11) is 1.30. The number of aromatic nitrogens is 1. The van der Waals surface area contributed by atoms with Gasteiger partial charge in [0.1, 0.15) is 13.1 Å². The smallest absolute Gasteiger partial charge is 0.406 e. The average molecular weight is 292 g/mol. The van der Waals surface area contributed by atoms with Gasteiger partial charge in [0.15, 0.2) is 5.75 Å². The number of nitrogens with zero attached hydrogens (tertiary/aromatic N) is 2. The molecule has 1 amide bonds. The molecular formula is C12H15F3N2O3. The van der Waals surface area contributed by atoms with Gasteiger partial charge in [-0.3, -0.25) is 9.59 Å². The number of rotatable bonds is 5. The average Bonchev–Trinajstić information content (AvgIpc) is 2.37. The minimum Gasteiger partial charge on any atom is -0.491 e. The van der Waals surface area contributed by atoms with E-state index in [4.69, 9.17) is 4.74 Å². The number of pyridine rings is 1. The van der Waals surface area contributed by atoms with Crippen LogP contribution in [0.4, 0.5) is 13.2 Å². The standard InChI is InChI=1S/C12H15F3N2O3/c1-3-16(8-12(13,14)15)10(18)7-17-6-4-5-9(20-2)11(17)19/h4-6H,3,7-8H2,1-2H3. The van der Waals surface area contributed by atoms with Gasteiger partial charge in [0, 0.05) is 12.7 Å². The summed E-state index contributed by atoms with van der Waals surface area (Å²) >= 11 is 0. The molecule has 1 heterocycles. The lowest BCUT2D eigenvalue weighted by Gasteiger charge is -2.22. The number of halogens is 3. The molecule has 0 aliphatic rings. The molecule has 112 valence electrons. The Hall–Kier alpha value is -1.99. The van der Waals surface area contributed by atoms with Crippen molar-refractivity contribution in [1.82, 2.24) is 9.47 Å². The summed E-state index contributed by atoms with van der Waals surface area (Å²) in [5, 5.41) is 0. The summed E-state index contributed by atoms with van der Waals surface area (Å²) in [6.07, 6.45) is -3.14. The van der Waals surface area contributed by atoms with Crippen LogP contribution in [0.1, 0.15) is 6.92 Å². The highest BCUT2D eigenvalue weighted by Gasteiger charge is 2.32. The maximum absolute atomic E-state index is 12.3. The Bertz CT molecular complexity index is 525. The Morgan fingerprint density at radius 3 is 2.60 bits per heavy atom. The number of alkyl halides is 3. The molecule has 0 unspecified atom stereocenters. The normalized spacial score (nSPS) is 11.2. The van der Waals surface area contributed by atoms with Crippen molar-refractivity contribution in [2.24, 2.45) is 0 Å². The van der Waals surface area contributed by atoms with E-state index >= 15 is 0 Å². The summed E-state index contributed by atoms with van der Waals surface area (Å²) in [5.41, 5.74) is -0.564. The summed E-state index contributed by atoms with van der Waals surface area (Å²) < 4.78 is 42.7. The van der Waals surface area contributed by atoms with Gasteiger partial charge in [0.25, 0.3) is 5.56 Å². The lowest BCUT2D eigenvalue weighted by atomic mass is 10.4. The molecule has 1 rings (SSSR count). The number of carbonyl (C=O) groups is 1. The Labute approximate surface area is 113 Å². The first kappa shape index (κ1) is 16.1. The second kappa shape index (κ2) is 6.44. The van der Waals surface area contributed by atoms with Crippen molar-refractivity contribution in [2.75, 3.05) is 20.2 Å². The van der Waals surface area contributed by atoms with Crippen LogP contribution in [0.25, 0.3) is 0 Å². The van der Waals surface area contributed by atoms with Gasteiger partial charge in [-0.05, 0) is 19.1 Å². The molecular weight excluding hydrogens is 277 g/mol. The van der Waals surface area contributed by atoms with E-state index in [0.717, 1.165) is 4.57 Å². The predicted molar refractivity (Wildman–Crippen MR) is 65.6 cm³/mol. The number of carbonyl (C=O) groups excluding carboxylic acids is 1. The molecule has 0 spiro atoms. The lowest BCUT2D eigenvalue weighted by Crippen LogP contribution is -2.41. The first-order valence-electron chi connectivity index (χ1n) is 5.86. The second-order valence-corrected chi connectivity index (χ2v) is 4.03. The van der Waals surface area contributed by atoms with E-state index in [2.05, 4.69) is 0 Å². The van der Waals surface area contributed by atoms with Crippen LogP contribution in [-0.4, -0.2) is 41.7 Å². The van der Waals surface area contributed by atoms with Crippen LogP contribution >= 0.6 is 0 Å². The second-order valence-electron chi connectivity index (χ2n) is 4.03. The molecule has 0 N–H and O–H groups in total. The number of ether oxygens (including phenoxy) is 1. The molecule has 0 aliphatic carbocycles. The zero-order chi connectivity index (χ0) is 15.3. The highest BCUT2D eigenvalue weighted by atomic mass is 19.4. The van der Waals surface area contributed by atoms with E-state index < -0.39 is 30.7 Å². The molecule has 0 bridgehead atoms.